The lowest BCUT2D eigenvalue weighted by atomic mass is 10.3. The van der Waals surface area contributed by atoms with Crippen LogP contribution in [0, 0.1) is 0 Å². The van der Waals surface area contributed by atoms with Crippen LogP contribution in [0.25, 0.3) is 11.5 Å². The van der Waals surface area contributed by atoms with Crippen molar-refractivity contribution in [2.45, 2.75) is 0 Å². The Balaban J connectivity index is 2.31. The van der Waals surface area contributed by atoms with E-state index in [9.17, 15) is 4.79 Å². The van der Waals surface area contributed by atoms with E-state index in [4.69, 9.17) is 4.42 Å². The molecule has 0 amide bonds. The van der Waals surface area contributed by atoms with Crippen LogP contribution in [0.15, 0.2) is 19.6 Å². The summed E-state index contributed by atoms with van der Waals surface area (Å²) in [5, 5.41) is 9.15. The van der Waals surface area contributed by atoms with Gasteiger partial charge < -0.3 is 9.15 Å². The lowest BCUT2D eigenvalue weighted by molar-refractivity contribution is 0.0556. The molecule has 2 aromatic heterocycles. The van der Waals surface area contributed by atoms with Gasteiger partial charge in [0.05, 0.1) is 16.5 Å². The second-order valence-electron chi connectivity index (χ2n) is 2.54. The van der Waals surface area contributed by atoms with Gasteiger partial charge in [-0.25, -0.2) is 4.79 Å². The number of thiophene rings is 1. The Bertz CT molecular complexity index is 494. The van der Waals surface area contributed by atoms with Crippen molar-refractivity contribution in [3.8, 4) is 11.5 Å². The van der Waals surface area contributed by atoms with Gasteiger partial charge in [-0.15, -0.1) is 21.5 Å². The Labute approximate surface area is 97.2 Å². The fraction of sp³-hybridized carbons (Fsp3) is 0.125. The highest BCUT2D eigenvalue weighted by atomic mass is 79.9. The molecule has 0 saturated heterocycles. The van der Waals surface area contributed by atoms with Gasteiger partial charge >= 0.3 is 11.9 Å². The summed E-state index contributed by atoms with van der Waals surface area (Å²) in [6.45, 7) is 0. The molecule has 0 atom stereocenters. The van der Waals surface area contributed by atoms with Gasteiger partial charge in [-0.1, -0.05) is 0 Å². The Kier molecular flexibility index (Phi) is 2.83. The second kappa shape index (κ2) is 4.11. The van der Waals surface area contributed by atoms with Gasteiger partial charge in [0.2, 0.25) is 5.89 Å². The van der Waals surface area contributed by atoms with Crippen molar-refractivity contribution >= 4 is 33.2 Å². The molecular weight excluding hydrogens is 284 g/mol. The largest absolute Gasteiger partial charge is 0.462 e. The number of hydrogen-bond donors (Lipinski definition) is 0. The Hall–Kier alpha value is -1.21. The van der Waals surface area contributed by atoms with Crippen molar-refractivity contribution in [3.05, 3.63) is 21.1 Å². The fourth-order valence-electron chi connectivity index (χ4n) is 0.932. The number of aromatic nitrogens is 2. The van der Waals surface area contributed by atoms with Gasteiger partial charge in [0.25, 0.3) is 0 Å². The summed E-state index contributed by atoms with van der Waals surface area (Å²) >= 11 is 4.81. The van der Waals surface area contributed by atoms with Gasteiger partial charge in [0, 0.05) is 5.38 Å². The highest BCUT2D eigenvalue weighted by Crippen LogP contribution is 2.28. The zero-order valence-electron chi connectivity index (χ0n) is 7.56. The second-order valence-corrected chi connectivity index (χ2v) is 4.83. The number of carbonyl (C=O) groups excluding carboxylic acids is 1. The smallest absolute Gasteiger partial charge is 0.396 e. The number of esters is 1. The first kappa shape index (κ1) is 10.3. The normalized spacial score (nSPS) is 10.3. The molecule has 0 aromatic carbocycles. The number of carbonyl (C=O) groups is 1. The first-order valence-electron chi connectivity index (χ1n) is 3.87. The lowest BCUT2D eigenvalue weighted by Gasteiger charge is -1.89. The first-order valence-corrected chi connectivity index (χ1v) is 5.54. The van der Waals surface area contributed by atoms with E-state index in [0.717, 1.165) is 9.35 Å². The summed E-state index contributed by atoms with van der Waals surface area (Å²) in [6.07, 6.45) is 0. The predicted octanol–water partition coefficient (Wildman–Crippen LogP) is 2.35. The summed E-state index contributed by atoms with van der Waals surface area (Å²) in [5.41, 5.74) is 0.773. The van der Waals surface area contributed by atoms with Crippen LogP contribution < -0.4 is 0 Å². The van der Waals surface area contributed by atoms with Crippen LogP contribution in [0.1, 0.15) is 10.7 Å². The molecule has 0 N–H and O–H groups in total. The monoisotopic (exact) mass is 288 g/mol. The van der Waals surface area contributed by atoms with Gasteiger partial charge in [0.1, 0.15) is 0 Å². The van der Waals surface area contributed by atoms with Crippen LogP contribution in [0.3, 0.4) is 0 Å². The van der Waals surface area contributed by atoms with Crippen LogP contribution >= 0.6 is 27.3 Å². The number of halogens is 1. The Morgan fingerprint density at radius 2 is 2.40 bits per heavy atom. The highest BCUT2D eigenvalue weighted by molar-refractivity contribution is 9.11. The van der Waals surface area contributed by atoms with E-state index in [1.54, 1.807) is 0 Å². The maximum atomic E-state index is 11.0. The molecular formula is C8H5BrN2O3S. The van der Waals surface area contributed by atoms with Crippen LogP contribution in [-0.4, -0.2) is 23.3 Å². The van der Waals surface area contributed by atoms with Crippen molar-refractivity contribution in [1.29, 1.82) is 0 Å². The fourth-order valence-corrected chi connectivity index (χ4v) is 2.06. The SMILES string of the molecule is COC(=O)c1nnc(-c2csc(Br)c2)o1. The summed E-state index contributed by atoms with van der Waals surface area (Å²) in [7, 11) is 1.26. The maximum Gasteiger partial charge on any atom is 0.396 e. The molecule has 78 valence electrons. The zero-order chi connectivity index (χ0) is 10.8. The standard InChI is InChI=1S/C8H5BrN2O3S/c1-13-8(12)7-11-10-6(14-7)4-2-5(9)15-3-4/h2-3H,1H3. The molecule has 0 radical (unpaired) electrons. The van der Waals surface area contributed by atoms with E-state index in [1.165, 1.54) is 18.4 Å². The minimum Gasteiger partial charge on any atom is -0.462 e. The Morgan fingerprint density at radius 3 is 3.00 bits per heavy atom. The number of methoxy groups -OCH3 is 1. The minimum absolute atomic E-state index is 0.144. The van der Waals surface area contributed by atoms with E-state index in [-0.39, 0.29) is 5.89 Å². The lowest BCUT2D eigenvalue weighted by Crippen LogP contribution is -2.00. The van der Waals surface area contributed by atoms with Gasteiger partial charge in [-0.3, -0.25) is 0 Å². The topological polar surface area (TPSA) is 65.2 Å². The predicted molar refractivity (Wildman–Crippen MR) is 56.7 cm³/mol. The number of rotatable bonds is 2. The molecule has 15 heavy (non-hydrogen) atoms. The third-order valence-electron chi connectivity index (χ3n) is 1.60. The van der Waals surface area contributed by atoms with Gasteiger partial charge in [0.15, 0.2) is 0 Å². The van der Waals surface area contributed by atoms with Crippen molar-refractivity contribution < 1.29 is 13.9 Å². The number of nitrogens with zero attached hydrogens (tertiary/aromatic N) is 2. The molecule has 2 aromatic rings. The zero-order valence-corrected chi connectivity index (χ0v) is 9.96. The third kappa shape index (κ3) is 2.07. The van der Waals surface area contributed by atoms with Crippen LogP contribution in [0.4, 0.5) is 0 Å². The molecule has 0 aliphatic heterocycles. The van der Waals surface area contributed by atoms with Crippen molar-refractivity contribution in [2.24, 2.45) is 0 Å². The van der Waals surface area contributed by atoms with Gasteiger partial charge in [-0.05, 0) is 22.0 Å². The summed E-state index contributed by atoms with van der Waals surface area (Å²) in [5.74, 6) is -0.477. The quantitative estimate of drug-likeness (QED) is 0.794. The van der Waals surface area contributed by atoms with E-state index < -0.39 is 5.97 Å². The molecule has 0 saturated carbocycles. The summed E-state index contributed by atoms with van der Waals surface area (Å²) in [6, 6.07) is 1.83. The van der Waals surface area contributed by atoms with Gasteiger partial charge in [-0.2, -0.15) is 0 Å². The minimum atomic E-state index is -0.636. The third-order valence-corrected chi connectivity index (χ3v) is 3.10. The molecule has 0 bridgehead atoms. The summed E-state index contributed by atoms with van der Waals surface area (Å²) in [4.78, 5) is 11.0. The number of ether oxygens (including phenoxy) is 1. The average molecular weight is 289 g/mol. The molecule has 2 rings (SSSR count). The van der Waals surface area contributed by atoms with Crippen LogP contribution in [-0.2, 0) is 4.74 Å². The van der Waals surface area contributed by atoms with E-state index in [2.05, 4.69) is 30.9 Å². The molecule has 0 aliphatic carbocycles. The van der Waals surface area contributed by atoms with E-state index in [0.29, 0.717) is 5.89 Å². The summed E-state index contributed by atoms with van der Waals surface area (Å²) < 4.78 is 10.5. The van der Waals surface area contributed by atoms with Crippen LogP contribution in [0.2, 0.25) is 0 Å². The molecule has 0 fully saturated rings. The van der Waals surface area contributed by atoms with E-state index in [1.807, 2.05) is 11.4 Å². The van der Waals surface area contributed by atoms with Crippen molar-refractivity contribution in [2.75, 3.05) is 7.11 Å². The van der Waals surface area contributed by atoms with Crippen molar-refractivity contribution in [1.82, 2.24) is 10.2 Å². The molecule has 7 heteroatoms. The first-order chi connectivity index (χ1) is 7.20. The van der Waals surface area contributed by atoms with E-state index >= 15 is 0 Å². The molecule has 0 unspecified atom stereocenters. The molecule has 0 aliphatic rings. The average Bonchev–Trinajstić information content (AvgIpc) is 2.84. The maximum absolute atomic E-state index is 11.0. The van der Waals surface area contributed by atoms with Crippen LogP contribution in [0.5, 0.6) is 0 Å². The Morgan fingerprint density at radius 1 is 1.60 bits per heavy atom. The highest BCUT2D eigenvalue weighted by Gasteiger charge is 2.16. The molecule has 2 heterocycles. The van der Waals surface area contributed by atoms with Crippen molar-refractivity contribution in [3.63, 3.8) is 0 Å². The molecule has 5 nitrogen and oxygen atoms in total. The molecule has 0 spiro atoms. The number of hydrogen-bond acceptors (Lipinski definition) is 6.